The minimum Gasteiger partial charge on any atom is -0.467 e. The van der Waals surface area contributed by atoms with Crippen LogP contribution in [0.25, 0.3) is 0 Å². The molecule has 0 spiro atoms. The molecule has 1 heterocycles. The van der Waals surface area contributed by atoms with E-state index in [9.17, 15) is 19.7 Å². The van der Waals surface area contributed by atoms with E-state index < -0.39 is 17.5 Å². The molecule has 0 aromatic carbocycles. The number of rotatable bonds is 6. The third-order valence-corrected chi connectivity index (χ3v) is 3.10. The number of nitrogens with zero attached hydrogens (tertiary/aromatic N) is 1. The van der Waals surface area contributed by atoms with Gasteiger partial charge in [0.1, 0.15) is 0 Å². The van der Waals surface area contributed by atoms with Crippen LogP contribution in [-0.2, 0) is 9.53 Å². The zero-order valence-electron chi connectivity index (χ0n) is 9.80. The van der Waals surface area contributed by atoms with Crippen LogP contribution in [0.4, 0.5) is 5.69 Å². The Morgan fingerprint density at radius 2 is 2.17 bits per heavy atom. The second-order valence-electron chi connectivity index (χ2n) is 3.18. The average molecular weight is 273 g/mol. The maximum absolute atomic E-state index is 11.4. The zero-order chi connectivity index (χ0) is 13.7. The topological polar surface area (TPSA) is 95.7 Å². The van der Waals surface area contributed by atoms with Gasteiger partial charge in [0.2, 0.25) is 0 Å². The molecule has 0 unspecified atom stereocenters. The quantitative estimate of drug-likeness (QED) is 0.339. The minimum absolute atomic E-state index is 0.0674. The Kier molecular flexibility index (Phi) is 4.78. The molecule has 0 fully saturated rings. The maximum atomic E-state index is 11.4. The molecule has 98 valence electrons. The number of thiophene rings is 1. The summed E-state index contributed by atoms with van der Waals surface area (Å²) in [4.78, 5) is 32.7. The van der Waals surface area contributed by atoms with Gasteiger partial charge in [-0.05, 0) is 0 Å². The van der Waals surface area contributed by atoms with E-state index in [4.69, 9.17) is 4.74 Å². The Morgan fingerprint density at radius 3 is 2.67 bits per heavy atom. The van der Waals surface area contributed by atoms with Crippen LogP contribution in [0.3, 0.4) is 0 Å². The highest BCUT2D eigenvalue weighted by atomic mass is 32.1. The molecule has 7 nitrogen and oxygen atoms in total. The first-order valence-electron chi connectivity index (χ1n) is 5.00. The van der Waals surface area contributed by atoms with Gasteiger partial charge >= 0.3 is 11.7 Å². The van der Waals surface area contributed by atoms with Gasteiger partial charge in [0.15, 0.2) is 12.4 Å². The van der Waals surface area contributed by atoms with Crippen LogP contribution < -0.4 is 4.74 Å². The van der Waals surface area contributed by atoms with Crippen LogP contribution in [0, 0.1) is 10.1 Å². The Balaban J connectivity index is 2.94. The molecule has 1 aromatic heterocycles. The molecule has 0 atom stereocenters. The number of hydrogen-bond acceptors (Lipinski definition) is 7. The van der Waals surface area contributed by atoms with Crippen LogP contribution in [-0.4, -0.2) is 30.4 Å². The Labute approximate surface area is 106 Å². The summed E-state index contributed by atoms with van der Waals surface area (Å²) in [7, 11) is 1.18. The molecular weight excluding hydrogens is 262 g/mol. The third kappa shape index (κ3) is 3.27. The predicted molar refractivity (Wildman–Crippen MR) is 63.1 cm³/mol. The highest BCUT2D eigenvalue weighted by Gasteiger charge is 2.23. The smallest absolute Gasteiger partial charge is 0.343 e. The van der Waals surface area contributed by atoms with Gasteiger partial charge < -0.3 is 9.47 Å². The SMILES string of the molecule is CCC(=O)c1cc([N+](=O)[O-])c(OCC(=O)OC)s1. The number of hydrogen-bond donors (Lipinski definition) is 0. The summed E-state index contributed by atoms with van der Waals surface area (Å²) in [6, 6.07) is 1.16. The first-order valence-corrected chi connectivity index (χ1v) is 5.82. The van der Waals surface area contributed by atoms with Crippen LogP contribution in [0.2, 0.25) is 0 Å². The van der Waals surface area contributed by atoms with Crippen LogP contribution >= 0.6 is 11.3 Å². The first-order chi connectivity index (χ1) is 8.49. The van der Waals surface area contributed by atoms with Gasteiger partial charge in [-0.25, -0.2) is 4.79 Å². The predicted octanol–water partition coefficient (Wildman–Crippen LogP) is 1.80. The van der Waals surface area contributed by atoms with E-state index in [1.54, 1.807) is 6.92 Å². The molecule has 0 amide bonds. The van der Waals surface area contributed by atoms with E-state index in [1.807, 2.05) is 0 Å². The molecule has 0 aliphatic heterocycles. The van der Waals surface area contributed by atoms with Crippen molar-refractivity contribution in [1.82, 2.24) is 0 Å². The lowest BCUT2D eigenvalue weighted by molar-refractivity contribution is -0.385. The molecular formula is C10H11NO6S. The second kappa shape index (κ2) is 6.10. The van der Waals surface area contributed by atoms with Crippen molar-refractivity contribution in [1.29, 1.82) is 0 Å². The fourth-order valence-corrected chi connectivity index (χ4v) is 2.07. The van der Waals surface area contributed by atoms with E-state index in [-0.39, 0.29) is 27.8 Å². The summed E-state index contributed by atoms with van der Waals surface area (Å²) in [5.41, 5.74) is -0.319. The minimum atomic E-state index is -0.657. The van der Waals surface area contributed by atoms with Gasteiger partial charge in [0.25, 0.3) is 5.06 Å². The monoisotopic (exact) mass is 273 g/mol. The molecule has 0 aliphatic carbocycles. The Bertz CT molecular complexity index is 481. The van der Waals surface area contributed by atoms with Crippen LogP contribution in [0.15, 0.2) is 6.07 Å². The molecule has 1 aromatic rings. The summed E-state index contributed by atoms with van der Waals surface area (Å²) >= 11 is 0.852. The molecule has 1 rings (SSSR count). The molecule has 18 heavy (non-hydrogen) atoms. The van der Waals surface area contributed by atoms with Gasteiger partial charge in [-0.2, -0.15) is 0 Å². The molecule has 0 radical (unpaired) electrons. The standard InChI is InChI=1S/C10H11NO6S/c1-3-7(12)8-4-6(11(14)15)10(18-8)17-5-9(13)16-2/h4H,3,5H2,1-2H3. The first kappa shape index (κ1) is 14.1. The molecule has 0 bridgehead atoms. The third-order valence-electron chi connectivity index (χ3n) is 2.02. The largest absolute Gasteiger partial charge is 0.467 e. The summed E-state index contributed by atoms with van der Waals surface area (Å²) in [5, 5.41) is 10.7. The number of carbonyl (C=O) groups excluding carboxylic acids is 2. The highest BCUT2D eigenvalue weighted by molar-refractivity contribution is 7.16. The van der Waals surface area contributed by atoms with E-state index in [0.717, 1.165) is 17.4 Å². The van der Waals surface area contributed by atoms with E-state index >= 15 is 0 Å². The lowest BCUT2D eigenvalue weighted by atomic mass is 10.2. The number of carbonyl (C=O) groups is 2. The van der Waals surface area contributed by atoms with Gasteiger partial charge in [-0.3, -0.25) is 14.9 Å². The average Bonchev–Trinajstić information content (AvgIpc) is 2.79. The second-order valence-corrected chi connectivity index (χ2v) is 4.20. The maximum Gasteiger partial charge on any atom is 0.343 e. The number of methoxy groups -OCH3 is 1. The number of Topliss-reactive ketones (excluding diaryl/α,β-unsaturated/α-hetero) is 1. The zero-order valence-corrected chi connectivity index (χ0v) is 10.6. The van der Waals surface area contributed by atoms with Gasteiger partial charge in [0, 0.05) is 12.5 Å². The molecule has 0 saturated carbocycles. The van der Waals surface area contributed by atoms with Crippen molar-refractivity contribution >= 4 is 28.8 Å². The summed E-state index contributed by atoms with van der Waals surface area (Å²) in [6.07, 6.45) is 0.244. The molecule has 0 aliphatic rings. The summed E-state index contributed by atoms with van der Waals surface area (Å²) < 4.78 is 9.33. The highest BCUT2D eigenvalue weighted by Crippen LogP contribution is 2.37. The van der Waals surface area contributed by atoms with E-state index in [0.29, 0.717) is 0 Å². The number of ether oxygens (including phenoxy) is 2. The van der Waals surface area contributed by atoms with Gasteiger partial charge in [-0.15, -0.1) is 0 Å². The van der Waals surface area contributed by atoms with E-state index in [1.165, 1.54) is 7.11 Å². The van der Waals surface area contributed by atoms with Crippen molar-refractivity contribution in [3.63, 3.8) is 0 Å². The van der Waals surface area contributed by atoms with E-state index in [2.05, 4.69) is 4.74 Å². The van der Waals surface area contributed by atoms with Crippen molar-refractivity contribution < 1.29 is 24.0 Å². The van der Waals surface area contributed by atoms with Crippen LogP contribution in [0.5, 0.6) is 5.06 Å². The fraction of sp³-hybridized carbons (Fsp3) is 0.400. The number of nitro groups is 1. The van der Waals surface area contributed by atoms with Crippen molar-refractivity contribution in [3.05, 3.63) is 21.1 Å². The summed E-state index contributed by atoms with van der Waals surface area (Å²) in [5.74, 6) is -0.864. The lowest BCUT2D eigenvalue weighted by Crippen LogP contribution is -2.12. The fourth-order valence-electron chi connectivity index (χ4n) is 1.09. The van der Waals surface area contributed by atoms with Crippen molar-refractivity contribution in [2.24, 2.45) is 0 Å². The van der Waals surface area contributed by atoms with Gasteiger partial charge in [-0.1, -0.05) is 18.3 Å². The van der Waals surface area contributed by atoms with Crippen molar-refractivity contribution in [3.8, 4) is 5.06 Å². The van der Waals surface area contributed by atoms with Gasteiger partial charge in [0.05, 0.1) is 16.9 Å². The normalized spacial score (nSPS) is 9.89. The molecule has 8 heteroatoms. The molecule has 0 saturated heterocycles. The Morgan fingerprint density at radius 1 is 1.50 bits per heavy atom. The summed E-state index contributed by atoms with van der Waals surface area (Å²) in [6.45, 7) is 1.22. The number of esters is 1. The lowest BCUT2D eigenvalue weighted by Gasteiger charge is -2.00. The van der Waals surface area contributed by atoms with Crippen molar-refractivity contribution in [2.45, 2.75) is 13.3 Å². The Hall–Kier alpha value is -1.96. The number of ketones is 1. The molecule has 0 N–H and O–H groups in total. The van der Waals surface area contributed by atoms with Crippen LogP contribution in [0.1, 0.15) is 23.0 Å². The van der Waals surface area contributed by atoms with Crippen molar-refractivity contribution in [2.75, 3.05) is 13.7 Å².